The lowest BCUT2D eigenvalue weighted by atomic mass is 9.92. The van der Waals surface area contributed by atoms with Crippen LogP contribution >= 0.6 is 0 Å². The zero-order valence-corrected chi connectivity index (χ0v) is 11.6. The van der Waals surface area contributed by atoms with Crippen molar-refractivity contribution in [3.8, 4) is 0 Å². The monoisotopic (exact) mass is 242 g/mol. The van der Waals surface area contributed by atoms with Crippen molar-refractivity contribution in [1.82, 2.24) is 9.80 Å². The van der Waals surface area contributed by atoms with Gasteiger partial charge in [-0.2, -0.15) is 0 Å². The highest BCUT2D eigenvalue weighted by Gasteiger charge is 2.25. The average Bonchev–Trinajstić information content (AvgIpc) is 2.28. The quantitative estimate of drug-likeness (QED) is 0.729. The second-order valence-electron chi connectivity index (χ2n) is 5.23. The lowest BCUT2D eigenvalue weighted by molar-refractivity contribution is -0.130. The van der Waals surface area contributed by atoms with E-state index in [2.05, 4.69) is 19.0 Å². The van der Waals surface area contributed by atoms with Crippen molar-refractivity contribution < 1.29 is 9.53 Å². The Morgan fingerprint density at radius 3 is 2.24 bits per heavy atom. The Labute approximate surface area is 105 Å². The molecule has 0 spiro atoms. The van der Waals surface area contributed by atoms with Gasteiger partial charge in [0.2, 0.25) is 5.91 Å². The molecule has 0 atom stereocenters. The Balaban J connectivity index is 2.19. The van der Waals surface area contributed by atoms with E-state index < -0.39 is 0 Å². The number of amides is 1. The molecule has 0 aromatic carbocycles. The maximum absolute atomic E-state index is 11.3. The first-order valence-corrected chi connectivity index (χ1v) is 6.50. The van der Waals surface area contributed by atoms with Crippen molar-refractivity contribution in [2.45, 2.75) is 44.8 Å². The molecule has 17 heavy (non-hydrogen) atoms. The van der Waals surface area contributed by atoms with Gasteiger partial charge in [0.05, 0.1) is 12.7 Å². The lowest BCUT2D eigenvalue weighted by Gasteiger charge is -2.34. The molecule has 0 bridgehead atoms. The molecule has 0 aromatic heterocycles. The first kappa shape index (κ1) is 14.5. The van der Waals surface area contributed by atoms with Gasteiger partial charge < -0.3 is 14.5 Å². The molecule has 100 valence electrons. The van der Waals surface area contributed by atoms with Crippen LogP contribution in [0.4, 0.5) is 0 Å². The van der Waals surface area contributed by atoms with Gasteiger partial charge in [0.15, 0.2) is 0 Å². The molecular formula is C13H26N2O2. The van der Waals surface area contributed by atoms with Crippen molar-refractivity contribution in [1.29, 1.82) is 0 Å². The van der Waals surface area contributed by atoms with Crippen molar-refractivity contribution >= 4 is 5.91 Å². The van der Waals surface area contributed by atoms with E-state index in [1.807, 2.05) is 11.9 Å². The molecule has 0 heterocycles. The standard InChI is InChI=1S/C13H26N2O2/c1-11(16)15(4)12-5-7-13(8-6-12)17-10-9-14(2)3/h12-13H,5-10H2,1-4H3. The molecule has 0 radical (unpaired) electrons. The molecule has 1 amide bonds. The first-order valence-electron chi connectivity index (χ1n) is 6.50. The number of hydrogen-bond donors (Lipinski definition) is 0. The minimum atomic E-state index is 0.168. The zero-order valence-electron chi connectivity index (χ0n) is 11.6. The normalized spacial score (nSPS) is 25.0. The lowest BCUT2D eigenvalue weighted by Crippen LogP contribution is -2.39. The van der Waals surface area contributed by atoms with Gasteiger partial charge in [0, 0.05) is 26.6 Å². The van der Waals surface area contributed by atoms with Gasteiger partial charge in [-0.1, -0.05) is 0 Å². The van der Waals surface area contributed by atoms with E-state index in [1.54, 1.807) is 6.92 Å². The third kappa shape index (κ3) is 5.04. The van der Waals surface area contributed by atoms with Crippen LogP contribution in [0.3, 0.4) is 0 Å². The topological polar surface area (TPSA) is 32.8 Å². The summed E-state index contributed by atoms with van der Waals surface area (Å²) < 4.78 is 5.84. The molecular weight excluding hydrogens is 216 g/mol. The van der Waals surface area contributed by atoms with E-state index in [4.69, 9.17) is 4.74 Å². The molecule has 1 aliphatic carbocycles. The van der Waals surface area contributed by atoms with E-state index in [-0.39, 0.29) is 5.91 Å². The number of carbonyl (C=O) groups excluding carboxylic acids is 1. The Morgan fingerprint density at radius 1 is 1.18 bits per heavy atom. The number of carbonyl (C=O) groups is 1. The molecule has 1 saturated carbocycles. The van der Waals surface area contributed by atoms with Crippen molar-refractivity contribution in [2.75, 3.05) is 34.3 Å². The van der Waals surface area contributed by atoms with Gasteiger partial charge in [-0.15, -0.1) is 0 Å². The summed E-state index contributed by atoms with van der Waals surface area (Å²) in [4.78, 5) is 15.3. The molecule has 1 rings (SSSR count). The predicted molar refractivity (Wildman–Crippen MR) is 69.0 cm³/mol. The van der Waals surface area contributed by atoms with Crippen LogP contribution in [0.2, 0.25) is 0 Å². The number of ether oxygens (including phenoxy) is 1. The molecule has 0 unspecified atom stereocenters. The summed E-state index contributed by atoms with van der Waals surface area (Å²) in [6, 6.07) is 0.418. The minimum Gasteiger partial charge on any atom is -0.377 e. The van der Waals surface area contributed by atoms with Crippen molar-refractivity contribution in [2.24, 2.45) is 0 Å². The van der Waals surface area contributed by atoms with Crippen LogP contribution in [-0.4, -0.2) is 62.1 Å². The zero-order chi connectivity index (χ0) is 12.8. The van der Waals surface area contributed by atoms with Gasteiger partial charge in [0.1, 0.15) is 0 Å². The van der Waals surface area contributed by atoms with Gasteiger partial charge in [0.25, 0.3) is 0 Å². The van der Waals surface area contributed by atoms with E-state index >= 15 is 0 Å². The number of rotatable bonds is 5. The SMILES string of the molecule is CC(=O)N(C)C1CCC(OCCN(C)C)CC1. The molecule has 1 fully saturated rings. The van der Waals surface area contributed by atoms with Gasteiger partial charge in [-0.3, -0.25) is 4.79 Å². The van der Waals surface area contributed by atoms with E-state index in [0.29, 0.717) is 12.1 Å². The fourth-order valence-electron chi connectivity index (χ4n) is 2.26. The number of likely N-dealkylation sites (N-methyl/N-ethyl adjacent to an activating group) is 1. The van der Waals surface area contributed by atoms with Crippen LogP contribution in [0.5, 0.6) is 0 Å². The summed E-state index contributed by atoms with van der Waals surface area (Å²) in [6.45, 7) is 3.43. The minimum absolute atomic E-state index is 0.168. The summed E-state index contributed by atoms with van der Waals surface area (Å²) in [6.07, 6.45) is 4.70. The number of nitrogens with zero attached hydrogens (tertiary/aromatic N) is 2. The fraction of sp³-hybridized carbons (Fsp3) is 0.923. The summed E-state index contributed by atoms with van der Waals surface area (Å²) in [5, 5.41) is 0. The Kier molecular flexibility index (Phi) is 5.92. The fourth-order valence-corrected chi connectivity index (χ4v) is 2.26. The highest BCUT2D eigenvalue weighted by Crippen LogP contribution is 2.24. The van der Waals surface area contributed by atoms with Gasteiger partial charge in [-0.05, 0) is 39.8 Å². The van der Waals surface area contributed by atoms with Crippen LogP contribution in [0.15, 0.2) is 0 Å². The molecule has 0 saturated heterocycles. The molecule has 1 aliphatic rings. The van der Waals surface area contributed by atoms with Crippen molar-refractivity contribution in [3.05, 3.63) is 0 Å². The molecule has 4 heteroatoms. The second kappa shape index (κ2) is 6.97. The highest BCUT2D eigenvalue weighted by atomic mass is 16.5. The summed E-state index contributed by atoms with van der Waals surface area (Å²) in [5.74, 6) is 0.168. The summed E-state index contributed by atoms with van der Waals surface area (Å²) >= 11 is 0. The second-order valence-corrected chi connectivity index (χ2v) is 5.23. The van der Waals surface area contributed by atoms with E-state index in [1.165, 1.54) is 0 Å². The average molecular weight is 242 g/mol. The molecule has 4 nitrogen and oxygen atoms in total. The molecule has 0 aromatic rings. The van der Waals surface area contributed by atoms with E-state index in [0.717, 1.165) is 38.8 Å². The Morgan fingerprint density at radius 2 is 1.76 bits per heavy atom. The predicted octanol–water partition coefficient (Wildman–Crippen LogP) is 1.35. The summed E-state index contributed by atoms with van der Waals surface area (Å²) in [5.41, 5.74) is 0. The third-order valence-corrected chi connectivity index (χ3v) is 3.58. The van der Waals surface area contributed by atoms with Crippen LogP contribution < -0.4 is 0 Å². The van der Waals surface area contributed by atoms with Crippen LogP contribution in [0.1, 0.15) is 32.6 Å². The van der Waals surface area contributed by atoms with Crippen molar-refractivity contribution in [3.63, 3.8) is 0 Å². The number of hydrogen-bond acceptors (Lipinski definition) is 3. The van der Waals surface area contributed by atoms with Crippen LogP contribution in [-0.2, 0) is 9.53 Å². The largest absolute Gasteiger partial charge is 0.377 e. The maximum Gasteiger partial charge on any atom is 0.219 e. The maximum atomic E-state index is 11.3. The summed E-state index contributed by atoms with van der Waals surface area (Å²) in [7, 11) is 6.02. The van der Waals surface area contributed by atoms with Gasteiger partial charge >= 0.3 is 0 Å². The first-order chi connectivity index (χ1) is 8.00. The van der Waals surface area contributed by atoms with Crippen LogP contribution in [0.25, 0.3) is 0 Å². The third-order valence-electron chi connectivity index (χ3n) is 3.58. The molecule has 0 N–H and O–H groups in total. The Hall–Kier alpha value is -0.610. The Bertz CT molecular complexity index is 236. The van der Waals surface area contributed by atoms with E-state index in [9.17, 15) is 4.79 Å². The van der Waals surface area contributed by atoms with Crippen LogP contribution in [0, 0.1) is 0 Å². The van der Waals surface area contributed by atoms with Gasteiger partial charge in [-0.25, -0.2) is 0 Å². The smallest absolute Gasteiger partial charge is 0.219 e. The molecule has 0 aliphatic heterocycles. The highest BCUT2D eigenvalue weighted by molar-refractivity contribution is 5.73.